The Morgan fingerprint density at radius 2 is 0.311 bits per heavy atom. The highest BCUT2D eigenvalue weighted by molar-refractivity contribution is 7.24. The molecule has 0 aliphatic carbocycles. The van der Waals surface area contributed by atoms with Crippen molar-refractivity contribution in [3.8, 4) is 64.7 Å². The van der Waals surface area contributed by atoms with Crippen molar-refractivity contribution in [1.82, 2.24) is 0 Å². The molecular weight excluding hydrogens is 1550 g/mol. The minimum Gasteiger partial charge on any atom is -0.311 e. The number of anilines is 6. The van der Waals surface area contributed by atoms with E-state index in [1.807, 2.05) is 88.7 Å². The zero-order valence-corrected chi connectivity index (χ0v) is 69.0. The lowest BCUT2D eigenvalue weighted by atomic mass is 10.0. The van der Waals surface area contributed by atoms with Gasteiger partial charge in [-0.15, -0.1) is 34.0 Å². The Balaban J connectivity index is 0.000000174. The van der Waals surface area contributed by atoms with Gasteiger partial charge in [-0.25, -0.2) is 13.2 Å². The average molecular weight is 1630 g/mol. The second kappa shape index (κ2) is 38.8. The number of halogens is 3. The van der Waals surface area contributed by atoms with Gasteiger partial charge in [-0.3, -0.25) is 4.90 Å². The summed E-state index contributed by atoms with van der Waals surface area (Å²) >= 11 is 5.48. The number of thiophene rings is 3. The standard InChI is InChI=1S/C60H42F3N.C54H39NS3/c61-55-31-13-46(14-32-55)4-1-43-7-19-49(20-8-43)52-25-37-58(38-26-52)64(59-39-27-53(28-40-59)50-21-9-44(10-22-50)2-5-47-15-33-56(62)34-16-47)60-41-29-54(30-42-60)51-23-11-45(12-24-51)3-6-48-17-35-57(63)36-18-48;1-4-10-40(11-5-1)16-19-43-22-28-46(29-23-43)49-34-37-52(56-49)55(53-38-35-50(57-53)47-30-24-44(25-31-47)20-17-41-12-6-2-7-13-41)54-39-36-51(58-54)48-32-26-45(27-33-48)21-18-42-14-8-3-9-15-42/h1-42H;1-39H/b4-1+,5-2+,6-3+;19-16+,20-17+,21-18+. The van der Waals surface area contributed by atoms with Crippen molar-refractivity contribution in [1.29, 1.82) is 0 Å². The molecule has 3 aromatic heterocycles. The predicted molar refractivity (Wildman–Crippen MR) is 521 cm³/mol. The van der Waals surface area contributed by atoms with Crippen molar-refractivity contribution in [3.05, 3.63) is 503 Å². The lowest BCUT2D eigenvalue weighted by Crippen LogP contribution is -2.09. The summed E-state index contributed by atoms with van der Waals surface area (Å²) in [6.45, 7) is 0. The van der Waals surface area contributed by atoms with Crippen LogP contribution in [-0.4, -0.2) is 0 Å². The van der Waals surface area contributed by atoms with E-state index in [9.17, 15) is 13.2 Å². The van der Waals surface area contributed by atoms with Gasteiger partial charge in [-0.05, 0) is 226 Å². The van der Waals surface area contributed by atoms with Gasteiger partial charge in [-0.1, -0.05) is 382 Å². The van der Waals surface area contributed by atoms with Crippen LogP contribution in [0.1, 0.15) is 66.8 Å². The lowest BCUT2D eigenvalue weighted by Gasteiger charge is -2.26. The van der Waals surface area contributed by atoms with Crippen LogP contribution in [0.25, 0.3) is 138 Å². The molecule has 0 radical (unpaired) electrons. The molecule has 0 atom stereocenters. The molecule has 0 spiro atoms. The van der Waals surface area contributed by atoms with Crippen LogP contribution in [0.15, 0.2) is 419 Å². The zero-order valence-electron chi connectivity index (χ0n) is 66.5. The lowest BCUT2D eigenvalue weighted by molar-refractivity contribution is 0.627. The molecule has 0 N–H and O–H groups in total. The first-order chi connectivity index (χ1) is 60.1. The van der Waals surface area contributed by atoms with E-state index in [1.54, 1.807) is 36.4 Å². The smallest absolute Gasteiger partial charge is 0.123 e. The Kier molecular flexibility index (Phi) is 25.3. The summed E-state index contributed by atoms with van der Waals surface area (Å²) in [6, 6.07) is 142. The fraction of sp³-hybridized carbons (Fsp3) is 0. The Morgan fingerprint density at radius 3 is 0.508 bits per heavy atom. The molecule has 0 saturated carbocycles. The highest BCUT2D eigenvalue weighted by Gasteiger charge is 2.21. The summed E-state index contributed by atoms with van der Waals surface area (Å²) in [7, 11) is 0. The van der Waals surface area contributed by atoms with E-state index in [0.717, 1.165) is 83.8 Å². The monoisotopic (exact) mass is 1630 g/mol. The molecule has 0 aliphatic rings. The van der Waals surface area contributed by atoms with Gasteiger partial charge in [0.1, 0.15) is 32.5 Å². The second-order valence-electron chi connectivity index (χ2n) is 29.3. The quantitative estimate of drug-likeness (QED) is 0.0557. The number of hydrogen-bond acceptors (Lipinski definition) is 5. The molecule has 0 aliphatic heterocycles. The average Bonchev–Trinajstić information content (AvgIpc) is 1.64. The zero-order chi connectivity index (χ0) is 82.6. The molecule has 3 heterocycles. The van der Waals surface area contributed by atoms with E-state index in [4.69, 9.17) is 0 Å². The summed E-state index contributed by atoms with van der Waals surface area (Å²) in [6.07, 6.45) is 25.1. The van der Waals surface area contributed by atoms with Crippen LogP contribution in [0.2, 0.25) is 0 Å². The summed E-state index contributed by atoms with van der Waals surface area (Å²) in [5.74, 6) is -0.729. The second-order valence-corrected chi connectivity index (χ2v) is 32.5. The van der Waals surface area contributed by atoms with Gasteiger partial charge in [0, 0.05) is 31.7 Å². The summed E-state index contributed by atoms with van der Waals surface area (Å²) in [4.78, 5) is 8.43. The molecule has 18 rings (SSSR count). The molecule has 122 heavy (non-hydrogen) atoms. The molecule has 0 fully saturated rings. The third-order valence-corrected chi connectivity index (χ3v) is 24.3. The number of hydrogen-bond donors (Lipinski definition) is 0. The highest BCUT2D eigenvalue weighted by atomic mass is 32.1. The van der Waals surface area contributed by atoms with Crippen LogP contribution in [0.4, 0.5) is 45.2 Å². The number of rotatable bonds is 24. The molecule has 18 aromatic rings. The molecule has 8 heteroatoms. The van der Waals surface area contributed by atoms with Crippen molar-refractivity contribution >= 4 is 139 Å². The fourth-order valence-corrected chi connectivity index (χ4v) is 17.5. The van der Waals surface area contributed by atoms with Crippen molar-refractivity contribution < 1.29 is 13.2 Å². The molecule has 0 saturated heterocycles. The van der Waals surface area contributed by atoms with Crippen LogP contribution < -0.4 is 9.80 Å². The van der Waals surface area contributed by atoms with E-state index >= 15 is 0 Å². The number of benzene rings is 15. The van der Waals surface area contributed by atoms with E-state index in [2.05, 4.69) is 374 Å². The van der Waals surface area contributed by atoms with Gasteiger partial charge in [0.15, 0.2) is 0 Å². The SMILES string of the molecule is C(=C\c1ccc(-c2ccc(N(c3ccc(-c4ccc(/C=C/c5ccccc5)cc4)s3)c3ccc(-c4ccc(/C=C/c5ccccc5)cc4)s3)s2)cc1)/c1ccccc1.Fc1ccc(/C=C/c2ccc(-c3ccc(N(c4ccc(-c5ccc(/C=C/c6ccc(F)cc6)cc5)cc4)c4ccc(-c5ccc(/C=C/c6ccc(F)cc6)cc5)cc4)cc3)cc2)cc1. The maximum Gasteiger partial charge on any atom is 0.123 e. The fourth-order valence-electron chi connectivity index (χ4n) is 14.2. The molecule has 0 amide bonds. The van der Waals surface area contributed by atoms with Crippen LogP contribution in [0.3, 0.4) is 0 Å². The van der Waals surface area contributed by atoms with Crippen molar-refractivity contribution in [3.63, 3.8) is 0 Å². The van der Waals surface area contributed by atoms with Crippen molar-refractivity contribution in [2.24, 2.45) is 0 Å². The predicted octanol–water partition coefficient (Wildman–Crippen LogP) is 33.9. The van der Waals surface area contributed by atoms with Gasteiger partial charge >= 0.3 is 0 Å². The van der Waals surface area contributed by atoms with Crippen LogP contribution in [-0.2, 0) is 0 Å². The van der Waals surface area contributed by atoms with Gasteiger partial charge in [-0.2, -0.15) is 0 Å². The van der Waals surface area contributed by atoms with Crippen LogP contribution >= 0.6 is 34.0 Å². The van der Waals surface area contributed by atoms with Crippen LogP contribution in [0, 0.1) is 17.5 Å². The van der Waals surface area contributed by atoms with Gasteiger partial charge in [0.25, 0.3) is 0 Å². The molecule has 0 bridgehead atoms. The minimum absolute atomic E-state index is 0.243. The summed E-state index contributed by atoms with van der Waals surface area (Å²) < 4.78 is 40.0. The molecule has 2 nitrogen and oxygen atoms in total. The van der Waals surface area contributed by atoms with E-state index < -0.39 is 0 Å². The maximum atomic E-state index is 13.3. The van der Waals surface area contributed by atoms with Crippen molar-refractivity contribution in [2.45, 2.75) is 0 Å². The summed E-state index contributed by atoms with van der Waals surface area (Å²) in [5.41, 5.74) is 26.5. The molecule has 15 aromatic carbocycles. The van der Waals surface area contributed by atoms with E-state index in [0.29, 0.717) is 0 Å². The first-order valence-electron chi connectivity index (χ1n) is 40.4. The first-order valence-corrected chi connectivity index (χ1v) is 42.9. The largest absolute Gasteiger partial charge is 0.311 e. The molecular formula is C114H81F3N2S3. The normalized spacial score (nSPS) is 11.5. The Bertz CT molecular complexity index is 5980. The third-order valence-electron chi connectivity index (χ3n) is 20.9. The van der Waals surface area contributed by atoms with E-state index in [1.165, 1.54) is 116 Å². The highest BCUT2D eigenvalue weighted by Crippen LogP contribution is 2.49. The first kappa shape index (κ1) is 79.7. The third kappa shape index (κ3) is 20.8. The van der Waals surface area contributed by atoms with Gasteiger partial charge < -0.3 is 4.90 Å². The Hall–Kier alpha value is -14.8. The topological polar surface area (TPSA) is 6.48 Å². The van der Waals surface area contributed by atoms with Gasteiger partial charge in [0.2, 0.25) is 0 Å². The van der Waals surface area contributed by atoms with Crippen molar-refractivity contribution in [2.75, 3.05) is 9.80 Å². The van der Waals surface area contributed by atoms with Gasteiger partial charge in [0.05, 0.1) is 0 Å². The molecule has 0 unspecified atom stereocenters. The molecule has 586 valence electrons. The Morgan fingerprint density at radius 1 is 0.148 bits per heavy atom. The van der Waals surface area contributed by atoms with E-state index in [-0.39, 0.29) is 17.5 Å². The Labute approximate surface area is 724 Å². The maximum absolute atomic E-state index is 13.3. The minimum atomic E-state index is -0.243. The van der Waals surface area contributed by atoms with Crippen LogP contribution in [0.5, 0.6) is 0 Å². The summed E-state index contributed by atoms with van der Waals surface area (Å²) in [5, 5.41) is 3.56. The number of nitrogens with zero attached hydrogens (tertiary/aromatic N) is 2.